The van der Waals surface area contributed by atoms with Gasteiger partial charge in [-0.25, -0.2) is 15.0 Å². The summed E-state index contributed by atoms with van der Waals surface area (Å²) in [5.74, 6) is 3.16. The zero-order valence-electron chi connectivity index (χ0n) is 44.0. The quantitative estimate of drug-likeness (QED) is 0.151. The van der Waals surface area contributed by atoms with E-state index in [9.17, 15) is 0 Å². The van der Waals surface area contributed by atoms with Gasteiger partial charge < -0.3 is 9.13 Å². The van der Waals surface area contributed by atoms with Crippen LogP contribution in [-0.2, 0) is 0 Å². The van der Waals surface area contributed by atoms with Crippen molar-refractivity contribution in [2.45, 2.75) is 0 Å². The monoisotopic (exact) mass is 1050 g/mol. The first-order valence-electron chi connectivity index (χ1n) is 27.6. The number of rotatable bonds is 8. The first-order chi connectivity index (χ1) is 40.7. The van der Waals surface area contributed by atoms with E-state index in [0.717, 1.165) is 132 Å². The molecule has 82 heavy (non-hydrogen) atoms. The maximum Gasteiger partial charge on any atom is 0.238 e. The summed E-state index contributed by atoms with van der Waals surface area (Å²) >= 11 is 0. The molecular weight excluding hydrogens is 1000 g/mol. The van der Waals surface area contributed by atoms with Crippen LogP contribution in [0.4, 0.5) is 0 Å². The van der Waals surface area contributed by atoms with Crippen molar-refractivity contribution >= 4 is 87.2 Å². The third-order valence-corrected chi connectivity index (χ3v) is 16.2. The molecule has 11 aromatic carbocycles. The molecule has 17 rings (SSSR count). The minimum absolute atomic E-state index is 0.533. The van der Waals surface area contributed by atoms with Crippen LogP contribution in [0.1, 0.15) is 0 Å². The molecule has 0 saturated heterocycles. The van der Waals surface area contributed by atoms with Crippen LogP contribution in [0.25, 0.3) is 156 Å². The molecule has 17 aromatic rings. The number of fused-ring (bicyclic) bond motifs is 15. The van der Waals surface area contributed by atoms with Crippen molar-refractivity contribution in [3.8, 4) is 68.6 Å². The van der Waals surface area contributed by atoms with E-state index in [1.54, 1.807) is 0 Å². The van der Waals surface area contributed by atoms with Crippen LogP contribution in [0.15, 0.2) is 273 Å². The van der Waals surface area contributed by atoms with Gasteiger partial charge in [-0.2, -0.15) is 9.97 Å². The van der Waals surface area contributed by atoms with Gasteiger partial charge in [0.25, 0.3) is 0 Å². The Morgan fingerprint density at radius 2 is 0.537 bits per heavy atom. The molecule has 6 heterocycles. The van der Waals surface area contributed by atoms with Crippen LogP contribution in [-0.4, -0.2) is 43.2 Å². The molecule has 0 amide bonds. The molecule has 0 unspecified atom stereocenters. The molecule has 0 aliphatic rings. The van der Waals surface area contributed by atoms with Gasteiger partial charge in [0.05, 0.1) is 49.8 Å². The Bertz CT molecular complexity index is 4910. The second-order valence-corrected chi connectivity index (χ2v) is 20.8. The summed E-state index contributed by atoms with van der Waals surface area (Å²) in [5.41, 5.74) is 15.0. The van der Waals surface area contributed by atoms with Crippen molar-refractivity contribution in [1.82, 2.24) is 43.2 Å². The van der Waals surface area contributed by atoms with Crippen molar-refractivity contribution in [2.24, 2.45) is 0 Å². The van der Waals surface area contributed by atoms with Crippen LogP contribution < -0.4 is 0 Å². The van der Waals surface area contributed by atoms with Crippen molar-refractivity contribution in [2.75, 3.05) is 0 Å². The van der Waals surface area contributed by atoms with E-state index in [2.05, 4.69) is 231 Å². The van der Waals surface area contributed by atoms with Gasteiger partial charge in [-0.1, -0.05) is 231 Å². The van der Waals surface area contributed by atoms with Crippen LogP contribution in [0.3, 0.4) is 0 Å². The highest BCUT2D eigenvalue weighted by Gasteiger charge is 2.29. The fraction of sp³-hybridized carbons (Fsp3) is 0. The number of aromatic nitrogens is 9. The lowest BCUT2D eigenvalue weighted by molar-refractivity contribution is 0.953. The predicted molar refractivity (Wildman–Crippen MR) is 335 cm³/mol. The molecule has 6 aromatic heterocycles. The first kappa shape index (κ1) is 45.7. The summed E-state index contributed by atoms with van der Waals surface area (Å²) in [7, 11) is 0. The Hall–Kier alpha value is -11.3. The van der Waals surface area contributed by atoms with E-state index >= 15 is 0 Å². The highest BCUT2D eigenvalue weighted by atomic mass is 15.2. The summed E-state index contributed by atoms with van der Waals surface area (Å²) in [6, 6.07) is 96.2. The number of hydrogen-bond acceptors (Lipinski definition) is 5. The Morgan fingerprint density at radius 3 is 0.963 bits per heavy atom. The molecule has 0 bridgehead atoms. The summed E-state index contributed by atoms with van der Waals surface area (Å²) in [6.07, 6.45) is 0. The molecule has 9 heteroatoms. The number of benzene rings is 11. The summed E-state index contributed by atoms with van der Waals surface area (Å²) in [5, 5.41) is 8.90. The van der Waals surface area contributed by atoms with Gasteiger partial charge in [0.1, 0.15) is 5.82 Å². The highest BCUT2D eigenvalue weighted by molar-refractivity contribution is 6.31. The average Bonchev–Trinajstić information content (AvgIpc) is 4.44. The SMILES string of the molecule is c1ccc(-c2cc(-n3c4ccccc4c4ccc5c6ccc7c8ccc9c%10ccccc%10n(-c%10nc(-c%11ccccc%11)nc(-c%11ccccc%11)n%10)c9c8n(-c8ccccc8)c7c6n(-c6ccccc6)c5c43)nc(-c3ccccc3)n2)cc1. The van der Waals surface area contributed by atoms with Crippen LogP contribution in [0.2, 0.25) is 0 Å². The maximum atomic E-state index is 5.51. The van der Waals surface area contributed by atoms with Crippen molar-refractivity contribution in [3.63, 3.8) is 0 Å². The van der Waals surface area contributed by atoms with Gasteiger partial charge in [-0.15, -0.1) is 0 Å². The molecule has 0 N–H and O–H groups in total. The van der Waals surface area contributed by atoms with E-state index in [4.69, 9.17) is 24.9 Å². The van der Waals surface area contributed by atoms with Crippen LogP contribution in [0, 0.1) is 0 Å². The normalized spacial score (nSPS) is 11.9. The smallest absolute Gasteiger partial charge is 0.238 e. The summed E-state index contributed by atoms with van der Waals surface area (Å²) < 4.78 is 9.65. The Morgan fingerprint density at radius 1 is 0.220 bits per heavy atom. The second kappa shape index (κ2) is 18.1. The molecular formula is C73H45N9. The van der Waals surface area contributed by atoms with E-state index in [1.165, 1.54) is 0 Å². The van der Waals surface area contributed by atoms with Crippen LogP contribution >= 0.6 is 0 Å². The fourth-order valence-electron chi connectivity index (χ4n) is 12.7. The number of nitrogens with zero attached hydrogens (tertiary/aromatic N) is 9. The largest absolute Gasteiger partial charge is 0.305 e. The standard InChI is InChI=1S/C73H45N9/c1-7-23-46(24-8-1)60-45-63(75-70(74-60)47-25-9-2-10-26-47)81-61-37-21-19-35-52(61)54-39-41-58-56-43-44-57-59-42-40-55-53-36-20-22-38-62(53)82(73-77-71(48-27-11-3-12-28-48)76-72(78-73)49-29-13-4-14-30-49)69(55)67(59)80(51-33-17-6-18-34-51)65(57)64(56)79(66(58)68(54)81)50-31-15-5-16-32-50/h1-45H. The van der Waals surface area contributed by atoms with E-state index in [1.807, 2.05) is 60.7 Å². The topological polar surface area (TPSA) is 84.2 Å². The summed E-state index contributed by atoms with van der Waals surface area (Å²) in [4.78, 5) is 26.7. The summed E-state index contributed by atoms with van der Waals surface area (Å²) in [6.45, 7) is 0. The second-order valence-electron chi connectivity index (χ2n) is 20.8. The molecule has 9 nitrogen and oxygen atoms in total. The third kappa shape index (κ3) is 6.90. The van der Waals surface area contributed by atoms with Gasteiger partial charge >= 0.3 is 0 Å². The minimum atomic E-state index is 0.533. The van der Waals surface area contributed by atoms with Gasteiger partial charge in [-0.3, -0.25) is 9.13 Å². The zero-order chi connectivity index (χ0) is 53.8. The number of para-hydroxylation sites is 4. The van der Waals surface area contributed by atoms with E-state index in [0.29, 0.717) is 23.4 Å². The van der Waals surface area contributed by atoms with Crippen molar-refractivity contribution < 1.29 is 0 Å². The Kier molecular flexibility index (Phi) is 10.1. The molecule has 382 valence electrons. The molecule has 0 radical (unpaired) electrons. The first-order valence-corrected chi connectivity index (χ1v) is 27.6. The minimum Gasteiger partial charge on any atom is -0.305 e. The lowest BCUT2D eigenvalue weighted by Gasteiger charge is -2.15. The van der Waals surface area contributed by atoms with Crippen molar-refractivity contribution in [1.29, 1.82) is 0 Å². The molecule has 0 aliphatic carbocycles. The lowest BCUT2D eigenvalue weighted by Crippen LogP contribution is -2.07. The zero-order valence-corrected chi connectivity index (χ0v) is 44.0. The predicted octanol–water partition coefficient (Wildman–Crippen LogP) is 17.7. The molecule has 0 spiro atoms. The van der Waals surface area contributed by atoms with Crippen molar-refractivity contribution in [3.05, 3.63) is 273 Å². The van der Waals surface area contributed by atoms with Crippen LogP contribution in [0.5, 0.6) is 0 Å². The van der Waals surface area contributed by atoms with Gasteiger partial charge in [0, 0.05) is 82.8 Å². The Balaban J connectivity index is 1.05. The molecule has 0 atom stereocenters. The third-order valence-electron chi connectivity index (χ3n) is 16.2. The van der Waals surface area contributed by atoms with Gasteiger partial charge in [-0.05, 0) is 36.4 Å². The Labute approximate surface area is 469 Å². The molecule has 0 saturated carbocycles. The average molecular weight is 1050 g/mol. The molecule has 0 fully saturated rings. The number of hydrogen-bond donors (Lipinski definition) is 0. The van der Waals surface area contributed by atoms with Gasteiger partial charge in [0.2, 0.25) is 5.95 Å². The van der Waals surface area contributed by atoms with E-state index < -0.39 is 0 Å². The van der Waals surface area contributed by atoms with Gasteiger partial charge in [0.15, 0.2) is 17.5 Å². The molecule has 0 aliphatic heterocycles. The fourth-order valence-corrected chi connectivity index (χ4v) is 12.7. The van der Waals surface area contributed by atoms with E-state index in [-0.39, 0.29) is 0 Å². The lowest BCUT2D eigenvalue weighted by atomic mass is 10.1. The highest BCUT2D eigenvalue weighted by Crippen LogP contribution is 2.48. The maximum absolute atomic E-state index is 5.51.